The molecule has 0 aliphatic rings. The van der Waals surface area contributed by atoms with Crippen LogP contribution in [0.1, 0.15) is 188 Å². The third kappa shape index (κ3) is 41.6. The Bertz CT molecular complexity index is 1110. The second-order valence-electron chi connectivity index (χ2n) is 14.3. The van der Waals surface area contributed by atoms with Crippen LogP contribution in [0.4, 0.5) is 0 Å². The maximum atomic E-state index is 12.7. The van der Waals surface area contributed by atoms with Gasteiger partial charge in [0.05, 0.1) is 0 Å². The lowest BCUT2D eigenvalue weighted by Crippen LogP contribution is -2.30. The van der Waals surface area contributed by atoms with E-state index in [4.69, 9.17) is 14.2 Å². The fourth-order valence-electron chi connectivity index (χ4n) is 5.69. The molecular weight excluding hydrogens is 685 g/mol. The molecule has 0 aromatic heterocycles. The summed E-state index contributed by atoms with van der Waals surface area (Å²) in [6, 6.07) is 0. The Morgan fingerprint density at radius 1 is 0.400 bits per heavy atom. The first kappa shape index (κ1) is 51.6. The van der Waals surface area contributed by atoms with E-state index >= 15 is 0 Å². The summed E-state index contributed by atoms with van der Waals surface area (Å²) >= 11 is 0. The fourth-order valence-corrected chi connectivity index (χ4v) is 5.69. The predicted molar refractivity (Wildman–Crippen MR) is 233 cm³/mol. The van der Waals surface area contributed by atoms with Gasteiger partial charge < -0.3 is 14.2 Å². The highest BCUT2D eigenvalue weighted by atomic mass is 16.6. The van der Waals surface area contributed by atoms with Crippen LogP contribution in [0.3, 0.4) is 0 Å². The van der Waals surface area contributed by atoms with Crippen molar-refractivity contribution in [2.45, 2.75) is 194 Å². The van der Waals surface area contributed by atoms with Crippen molar-refractivity contribution in [3.63, 3.8) is 0 Å². The molecule has 0 aliphatic carbocycles. The summed E-state index contributed by atoms with van der Waals surface area (Å²) in [5, 5.41) is 0. The van der Waals surface area contributed by atoms with Gasteiger partial charge in [0.15, 0.2) is 6.10 Å². The Labute approximate surface area is 337 Å². The molecule has 1 unspecified atom stereocenters. The van der Waals surface area contributed by atoms with E-state index in [0.29, 0.717) is 19.3 Å². The number of unbranched alkanes of at least 4 members (excludes halogenated alkanes) is 17. The minimum Gasteiger partial charge on any atom is -0.462 e. The zero-order valence-corrected chi connectivity index (χ0v) is 35.4. The zero-order chi connectivity index (χ0) is 40.1. The van der Waals surface area contributed by atoms with Crippen molar-refractivity contribution in [1.82, 2.24) is 0 Å². The highest BCUT2D eigenvalue weighted by Crippen LogP contribution is 2.12. The van der Waals surface area contributed by atoms with Crippen LogP contribution in [-0.2, 0) is 28.6 Å². The first-order chi connectivity index (χ1) is 27.0. The van der Waals surface area contributed by atoms with Gasteiger partial charge in [-0.15, -0.1) is 0 Å². The number of esters is 3. The van der Waals surface area contributed by atoms with Crippen LogP contribution >= 0.6 is 0 Å². The molecule has 0 spiro atoms. The molecule has 0 rings (SSSR count). The van der Waals surface area contributed by atoms with E-state index in [2.05, 4.69) is 51.2 Å². The van der Waals surface area contributed by atoms with Crippen LogP contribution in [0.2, 0.25) is 0 Å². The summed E-state index contributed by atoms with van der Waals surface area (Å²) in [6.07, 6.45) is 54.3. The maximum absolute atomic E-state index is 12.7. The summed E-state index contributed by atoms with van der Waals surface area (Å²) in [5.41, 5.74) is 0. The molecule has 0 aliphatic heterocycles. The molecule has 1 atom stereocenters. The second-order valence-corrected chi connectivity index (χ2v) is 14.3. The summed E-state index contributed by atoms with van der Waals surface area (Å²) in [4.78, 5) is 37.6. The Balaban J connectivity index is 4.54. The molecule has 0 aromatic carbocycles. The highest BCUT2D eigenvalue weighted by Gasteiger charge is 2.19. The Morgan fingerprint density at radius 2 is 0.818 bits per heavy atom. The maximum Gasteiger partial charge on any atom is 0.306 e. The van der Waals surface area contributed by atoms with Crippen LogP contribution in [-0.4, -0.2) is 37.2 Å². The second kappa shape index (κ2) is 43.3. The molecule has 55 heavy (non-hydrogen) atoms. The van der Waals surface area contributed by atoms with E-state index in [-0.39, 0.29) is 31.6 Å². The number of carbonyl (C=O) groups is 3. The van der Waals surface area contributed by atoms with Crippen molar-refractivity contribution >= 4 is 17.9 Å². The number of hydrogen-bond donors (Lipinski definition) is 0. The third-order valence-electron chi connectivity index (χ3n) is 9.03. The summed E-state index contributed by atoms with van der Waals surface area (Å²) in [5.74, 6) is -1.04. The Kier molecular flexibility index (Phi) is 40.6. The number of hydrogen-bond acceptors (Lipinski definition) is 6. The molecule has 6 heteroatoms. The molecule has 0 amide bonds. The molecule has 0 saturated carbocycles. The molecule has 0 aromatic rings. The first-order valence-corrected chi connectivity index (χ1v) is 22.2. The molecule has 6 nitrogen and oxygen atoms in total. The standard InChI is InChI=1S/C49H80O6/c1-4-7-10-13-16-19-21-23-24-26-27-30-33-36-39-42-48(51)54-45-46(44-53-47(50)41-38-35-32-29-18-15-12-9-6-3)55-49(52)43-40-37-34-31-28-25-22-20-17-14-11-8-5-2/h7,10,13,16,19,21,23-28,34,37,46H,4-6,8-9,11-12,14-15,17-18,20,22,29-33,35-36,38-45H2,1-3H3/b10-7-,16-13-,21-19-,24-23-,27-26-,28-25-,37-34-. The van der Waals surface area contributed by atoms with Crippen molar-refractivity contribution < 1.29 is 28.6 Å². The smallest absolute Gasteiger partial charge is 0.306 e. The lowest BCUT2D eigenvalue weighted by molar-refractivity contribution is -0.166. The molecule has 0 saturated heterocycles. The normalized spacial score (nSPS) is 12.9. The SMILES string of the molecule is CC\C=C/C=C\C=C/C=C\C=C/CCCCCC(=O)OCC(COC(=O)CCCCCCCCCCC)OC(=O)CC/C=C\C/C=C\CCCCCCCC. The van der Waals surface area contributed by atoms with Crippen molar-refractivity contribution in [3.8, 4) is 0 Å². The highest BCUT2D eigenvalue weighted by molar-refractivity contribution is 5.71. The molecule has 0 N–H and O–H groups in total. The minimum absolute atomic E-state index is 0.113. The Morgan fingerprint density at radius 3 is 1.35 bits per heavy atom. The van der Waals surface area contributed by atoms with E-state index in [0.717, 1.165) is 64.2 Å². The van der Waals surface area contributed by atoms with Gasteiger partial charge in [-0.2, -0.15) is 0 Å². The predicted octanol–water partition coefficient (Wildman–Crippen LogP) is 14.1. The van der Waals surface area contributed by atoms with E-state index in [1.54, 1.807) is 0 Å². The molecule has 0 fully saturated rings. The average molecular weight is 765 g/mol. The fraction of sp³-hybridized carbons (Fsp3) is 0.653. The topological polar surface area (TPSA) is 78.9 Å². The van der Waals surface area contributed by atoms with Crippen LogP contribution < -0.4 is 0 Å². The number of carbonyl (C=O) groups excluding carboxylic acids is 3. The van der Waals surface area contributed by atoms with E-state index in [9.17, 15) is 14.4 Å². The van der Waals surface area contributed by atoms with Crippen molar-refractivity contribution in [2.24, 2.45) is 0 Å². The quantitative estimate of drug-likeness (QED) is 0.0205. The third-order valence-corrected chi connectivity index (χ3v) is 9.03. The van der Waals surface area contributed by atoms with Crippen LogP contribution in [0, 0.1) is 0 Å². The average Bonchev–Trinajstić information content (AvgIpc) is 3.18. The largest absolute Gasteiger partial charge is 0.462 e. The number of ether oxygens (including phenoxy) is 3. The van der Waals surface area contributed by atoms with Crippen molar-refractivity contribution in [3.05, 3.63) is 85.1 Å². The van der Waals surface area contributed by atoms with Gasteiger partial charge in [0, 0.05) is 19.3 Å². The van der Waals surface area contributed by atoms with Gasteiger partial charge >= 0.3 is 17.9 Å². The van der Waals surface area contributed by atoms with Gasteiger partial charge in [0.2, 0.25) is 0 Å². The monoisotopic (exact) mass is 765 g/mol. The molecule has 0 heterocycles. The molecule has 312 valence electrons. The van der Waals surface area contributed by atoms with Gasteiger partial charge in [-0.05, 0) is 57.8 Å². The summed E-state index contributed by atoms with van der Waals surface area (Å²) in [7, 11) is 0. The molecule has 0 radical (unpaired) electrons. The first-order valence-electron chi connectivity index (χ1n) is 22.2. The molecule has 0 bridgehead atoms. The van der Waals surface area contributed by atoms with E-state index < -0.39 is 12.1 Å². The lowest BCUT2D eigenvalue weighted by atomic mass is 10.1. The van der Waals surface area contributed by atoms with Gasteiger partial charge in [0.1, 0.15) is 13.2 Å². The van der Waals surface area contributed by atoms with Crippen LogP contribution in [0.25, 0.3) is 0 Å². The zero-order valence-electron chi connectivity index (χ0n) is 35.4. The van der Waals surface area contributed by atoms with E-state index in [1.165, 1.54) is 77.0 Å². The van der Waals surface area contributed by atoms with Crippen molar-refractivity contribution in [2.75, 3.05) is 13.2 Å². The van der Waals surface area contributed by atoms with E-state index in [1.807, 2.05) is 54.7 Å². The van der Waals surface area contributed by atoms with Crippen LogP contribution in [0.5, 0.6) is 0 Å². The van der Waals surface area contributed by atoms with Gasteiger partial charge in [-0.1, -0.05) is 196 Å². The Hall–Kier alpha value is -3.41. The number of allylic oxidation sites excluding steroid dienone is 14. The number of rotatable bonds is 38. The molecular formula is C49H80O6. The van der Waals surface area contributed by atoms with Crippen LogP contribution in [0.15, 0.2) is 85.1 Å². The van der Waals surface area contributed by atoms with Gasteiger partial charge in [-0.25, -0.2) is 0 Å². The van der Waals surface area contributed by atoms with Crippen molar-refractivity contribution in [1.29, 1.82) is 0 Å². The lowest BCUT2D eigenvalue weighted by Gasteiger charge is -2.18. The van der Waals surface area contributed by atoms with Gasteiger partial charge in [0.25, 0.3) is 0 Å². The van der Waals surface area contributed by atoms with Gasteiger partial charge in [-0.3, -0.25) is 14.4 Å². The summed E-state index contributed by atoms with van der Waals surface area (Å²) in [6.45, 7) is 6.35. The minimum atomic E-state index is -0.820. The summed E-state index contributed by atoms with van der Waals surface area (Å²) < 4.78 is 16.6.